The third-order valence-electron chi connectivity index (χ3n) is 6.21. The van der Waals surface area contributed by atoms with Crippen molar-refractivity contribution in [2.24, 2.45) is 0 Å². The van der Waals surface area contributed by atoms with E-state index >= 15 is 0 Å². The van der Waals surface area contributed by atoms with Gasteiger partial charge in [0.2, 0.25) is 0 Å². The van der Waals surface area contributed by atoms with Gasteiger partial charge >= 0.3 is 6.09 Å². The van der Waals surface area contributed by atoms with Crippen LogP contribution in [0.5, 0.6) is 0 Å². The lowest BCUT2D eigenvalue weighted by Gasteiger charge is -2.34. The maximum atomic E-state index is 13.4. The fraction of sp³-hybridized carbons (Fsp3) is 0.292. The van der Waals surface area contributed by atoms with Crippen LogP contribution in [0.3, 0.4) is 0 Å². The van der Waals surface area contributed by atoms with Gasteiger partial charge in [-0.3, -0.25) is 0 Å². The van der Waals surface area contributed by atoms with E-state index in [0.717, 1.165) is 16.9 Å². The highest BCUT2D eigenvalue weighted by Crippen LogP contribution is 2.38. The van der Waals surface area contributed by atoms with Crippen LogP contribution < -0.4 is 9.80 Å². The van der Waals surface area contributed by atoms with Crippen LogP contribution in [0.25, 0.3) is 22.3 Å². The van der Waals surface area contributed by atoms with Crippen LogP contribution in [0.2, 0.25) is 0 Å². The number of piperazine rings is 1. The van der Waals surface area contributed by atoms with E-state index in [1.54, 1.807) is 18.3 Å². The average Bonchev–Trinajstić information content (AvgIpc) is 3.50. The van der Waals surface area contributed by atoms with Gasteiger partial charge in [0, 0.05) is 45.3 Å². The Morgan fingerprint density at radius 3 is 2.61 bits per heavy atom. The zero-order chi connectivity index (χ0) is 25.4. The molecule has 12 heteroatoms. The molecule has 0 spiro atoms. The highest BCUT2D eigenvalue weighted by Gasteiger charge is 2.25. The lowest BCUT2D eigenvalue weighted by atomic mass is 10.1. The summed E-state index contributed by atoms with van der Waals surface area (Å²) < 4.78 is 15.3. The molecule has 0 atom stereocenters. The Bertz CT molecular complexity index is 1470. The van der Waals surface area contributed by atoms with E-state index in [-0.39, 0.29) is 5.82 Å². The van der Waals surface area contributed by atoms with Gasteiger partial charge in [-0.1, -0.05) is 11.3 Å². The molecule has 1 fully saturated rings. The third-order valence-corrected chi connectivity index (χ3v) is 7.24. The number of aryl methyl sites for hydroxylation is 1. The van der Waals surface area contributed by atoms with Gasteiger partial charge < -0.3 is 19.8 Å². The van der Waals surface area contributed by atoms with Crippen molar-refractivity contribution in [1.82, 2.24) is 24.6 Å². The molecule has 5 rings (SSSR count). The van der Waals surface area contributed by atoms with E-state index in [1.165, 1.54) is 28.4 Å². The molecular formula is C24H23FN8O2S. The number of nitrogens with zero attached hydrogens (tertiary/aromatic N) is 8. The van der Waals surface area contributed by atoms with E-state index in [1.807, 2.05) is 29.6 Å². The second-order valence-corrected chi connectivity index (χ2v) is 9.29. The molecule has 0 bridgehead atoms. The van der Waals surface area contributed by atoms with Crippen molar-refractivity contribution in [3.05, 3.63) is 47.2 Å². The van der Waals surface area contributed by atoms with Crippen molar-refractivity contribution >= 4 is 45.1 Å². The molecule has 4 heterocycles. The molecular weight excluding hydrogens is 483 g/mol. The molecule has 1 aliphatic rings. The van der Waals surface area contributed by atoms with E-state index in [2.05, 4.69) is 21.1 Å². The summed E-state index contributed by atoms with van der Waals surface area (Å²) in [5, 5.41) is 25.0. The number of carboxylic acid groups (broad SMARTS) is 1. The van der Waals surface area contributed by atoms with Crippen LogP contribution >= 0.6 is 11.3 Å². The molecule has 1 amide bonds. The Balaban J connectivity index is 1.52. The van der Waals surface area contributed by atoms with Crippen LogP contribution in [0.15, 0.2) is 36.5 Å². The molecule has 10 nitrogen and oxygen atoms in total. The first kappa shape index (κ1) is 23.5. The normalized spacial score (nSPS) is 13.7. The van der Waals surface area contributed by atoms with Gasteiger partial charge in [0.15, 0.2) is 10.8 Å². The molecule has 1 N–H and O–H groups in total. The molecule has 1 aliphatic heterocycles. The number of hydrogen-bond acceptors (Lipinski definition) is 8. The second-order valence-electron chi connectivity index (χ2n) is 8.31. The number of fused-ring (bicyclic) bond motifs is 1. The number of amides is 1. The Labute approximate surface area is 210 Å². The summed E-state index contributed by atoms with van der Waals surface area (Å²) >= 11 is 1.25. The summed E-state index contributed by atoms with van der Waals surface area (Å²) in [6.45, 7) is 4.59. The lowest BCUT2D eigenvalue weighted by Crippen LogP contribution is -2.48. The molecule has 184 valence electrons. The molecule has 0 saturated carbocycles. The number of hydrogen-bond donors (Lipinski definition) is 1. The number of nitriles is 1. The lowest BCUT2D eigenvalue weighted by molar-refractivity contribution is 0.142. The van der Waals surface area contributed by atoms with Gasteiger partial charge in [-0.05, 0) is 37.3 Å². The fourth-order valence-electron chi connectivity index (χ4n) is 4.32. The second kappa shape index (κ2) is 9.43. The van der Waals surface area contributed by atoms with Crippen molar-refractivity contribution in [2.75, 3.05) is 43.0 Å². The SMILES string of the molecule is CCn1nc2ncc(N3CCN(C(=O)O)CC3)cc2c1N(C)c1nc(-c2ccc(F)cc2)c(C#N)s1. The third kappa shape index (κ3) is 4.18. The minimum Gasteiger partial charge on any atom is -0.465 e. The first-order chi connectivity index (χ1) is 17.4. The maximum absolute atomic E-state index is 13.4. The van der Waals surface area contributed by atoms with E-state index in [9.17, 15) is 19.6 Å². The number of halogens is 1. The van der Waals surface area contributed by atoms with Crippen LogP contribution in [0.4, 0.5) is 25.8 Å². The number of aromatic nitrogens is 4. The number of thiazole rings is 1. The van der Waals surface area contributed by atoms with Crippen LogP contribution in [0, 0.1) is 17.1 Å². The van der Waals surface area contributed by atoms with Gasteiger partial charge in [0.05, 0.1) is 17.3 Å². The Morgan fingerprint density at radius 2 is 1.97 bits per heavy atom. The molecule has 36 heavy (non-hydrogen) atoms. The molecule has 1 aromatic carbocycles. The first-order valence-electron chi connectivity index (χ1n) is 11.4. The van der Waals surface area contributed by atoms with Crippen LogP contribution in [-0.2, 0) is 6.54 Å². The highest BCUT2D eigenvalue weighted by molar-refractivity contribution is 7.16. The van der Waals surface area contributed by atoms with Gasteiger partial charge in [-0.25, -0.2) is 23.8 Å². The fourth-order valence-corrected chi connectivity index (χ4v) is 5.17. The predicted octanol–water partition coefficient (Wildman–Crippen LogP) is 4.15. The molecule has 0 aliphatic carbocycles. The van der Waals surface area contributed by atoms with Crippen molar-refractivity contribution in [3.8, 4) is 17.3 Å². The molecule has 4 aromatic rings. The number of anilines is 3. The predicted molar refractivity (Wildman–Crippen MR) is 135 cm³/mol. The molecule has 1 saturated heterocycles. The maximum Gasteiger partial charge on any atom is 0.407 e. The largest absolute Gasteiger partial charge is 0.465 e. The van der Waals surface area contributed by atoms with Crippen molar-refractivity contribution in [1.29, 1.82) is 5.26 Å². The molecule has 0 unspecified atom stereocenters. The standard InChI is InChI=1S/C24H23FN8O2S/c1-3-33-22(30(2)23-28-20(19(13-26)36-23)15-4-6-16(25)7-5-15)18-12-17(14-27-21(18)29-33)31-8-10-32(11-9-31)24(34)35/h4-7,12,14H,3,8-11H2,1-2H3,(H,34,35). The summed E-state index contributed by atoms with van der Waals surface area (Å²) in [4.78, 5) is 26.4. The molecule has 3 aromatic heterocycles. The Morgan fingerprint density at radius 1 is 1.25 bits per heavy atom. The smallest absolute Gasteiger partial charge is 0.407 e. The van der Waals surface area contributed by atoms with Crippen LogP contribution in [-0.4, -0.2) is 69.1 Å². The van der Waals surface area contributed by atoms with Crippen molar-refractivity contribution in [3.63, 3.8) is 0 Å². The minimum absolute atomic E-state index is 0.351. The summed E-state index contributed by atoms with van der Waals surface area (Å²) in [7, 11) is 1.87. The summed E-state index contributed by atoms with van der Waals surface area (Å²) in [5.74, 6) is 0.436. The van der Waals surface area contributed by atoms with Gasteiger partial charge in [-0.15, -0.1) is 0 Å². The summed E-state index contributed by atoms with van der Waals surface area (Å²) in [6.07, 6.45) is 0.857. The zero-order valence-electron chi connectivity index (χ0n) is 19.7. The van der Waals surface area contributed by atoms with E-state index in [0.29, 0.717) is 59.6 Å². The van der Waals surface area contributed by atoms with Crippen molar-refractivity contribution in [2.45, 2.75) is 13.5 Å². The highest BCUT2D eigenvalue weighted by atomic mass is 32.1. The Kier molecular flexibility index (Phi) is 6.15. The van der Waals surface area contributed by atoms with Gasteiger partial charge in [0.1, 0.15) is 28.3 Å². The van der Waals surface area contributed by atoms with E-state index in [4.69, 9.17) is 4.98 Å². The van der Waals surface area contributed by atoms with Crippen molar-refractivity contribution < 1.29 is 14.3 Å². The van der Waals surface area contributed by atoms with Crippen LogP contribution in [0.1, 0.15) is 11.8 Å². The zero-order valence-corrected chi connectivity index (χ0v) is 20.5. The average molecular weight is 507 g/mol. The van der Waals surface area contributed by atoms with E-state index < -0.39 is 6.09 Å². The monoisotopic (exact) mass is 506 g/mol. The molecule has 0 radical (unpaired) electrons. The van der Waals surface area contributed by atoms with Gasteiger partial charge in [-0.2, -0.15) is 10.4 Å². The Hall–Kier alpha value is -4.24. The number of benzene rings is 1. The quantitative estimate of drug-likeness (QED) is 0.429. The van der Waals surface area contributed by atoms with Gasteiger partial charge in [0.25, 0.3) is 0 Å². The first-order valence-corrected chi connectivity index (χ1v) is 12.2. The summed E-state index contributed by atoms with van der Waals surface area (Å²) in [6, 6.07) is 10.1. The number of carbonyl (C=O) groups is 1. The number of rotatable bonds is 5. The minimum atomic E-state index is -0.906. The topological polar surface area (TPSA) is 114 Å². The number of pyridine rings is 1. The summed E-state index contributed by atoms with van der Waals surface area (Å²) in [5.41, 5.74) is 2.65.